The van der Waals surface area contributed by atoms with Gasteiger partial charge in [0, 0.05) is 6.54 Å². The molecular weight excluding hydrogens is 278 g/mol. The summed E-state index contributed by atoms with van der Waals surface area (Å²) in [5.41, 5.74) is 0. The Labute approximate surface area is 109 Å². The Balaban J connectivity index is 1.94. The second kappa shape index (κ2) is 4.87. The predicted molar refractivity (Wildman–Crippen MR) is 65.3 cm³/mol. The van der Waals surface area contributed by atoms with Crippen molar-refractivity contribution >= 4 is 27.3 Å². The van der Waals surface area contributed by atoms with Crippen molar-refractivity contribution in [2.45, 2.75) is 10.6 Å². The van der Waals surface area contributed by atoms with Crippen LogP contribution in [0.15, 0.2) is 16.3 Å². The number of nitrogens with one attached hydrogen (secondary N) is 1. The molecular formula is C10H13NO5S2. The van der Waals surface area contributed by atoms with Crippen LogP contribution in [0.5, 0.6) is 5.06 Å². The Bertz CT molecular complexity index is 550. The van der Waals surface area contributed by atoms with Gasteiger partial charge in [-0.05, 0) is 24.5 Å². The minimum absolute atomic E-state index is 0.0980. The van der Waals surface area contributed by atoms with Gasteiger partial charge in [0.15, 0.2) is 5.06 Å². The monoisotopic (exact) mass is 291 g/mol. The van der Waals surface area contributed by atoms with E-state index in [1.807, 2.05) is 0 Å². The van der Waals surface area contributed by atoms with Crippen LogP contribution in [0, 0.1) is 11.8 Å². The van der Waals surface area contributed by atoms with E-state index in [0.717, 1.165) is 11.3 Å². The van der Waals surface area contributed by atoms with Gasteiger partial charge in [-0.2, -0.15) is 0 Å². The molecule has 0 spiro atoms. The van der Waals surface area contributed by atoms with Gasteiger partial charge in [0.1, 0.15) is 4.21 Å². The molecule has 2 atom stereocenters. The minimum atomic E-state index is -3.56. The molecule has 0 aromatic carbocycles. The van der Waals surface area contributed by atoms with Crippen LogP contribution in [0.4, 0.5) is 0 Å². The first-order valence-electron chi connectivity index (χ1n) is 5.30. The molecule has 1 saturated carbocycles. The normalized spacial score (nSPS) is 22.7. The first kappa shape index (κ1) is 13.3. The number of aliphatic carboxylic acids is 1. The Morgan fingerprint density at radius 1 is 1.61 bits per heavy atom. The summed E-state index contributed by atoms with van der Waals surface area (Å²) < 4.78 is 31.3. The predicted octanol–water partition coefficient (Wildman–Crippen LogP) is 0.756. The molecule has 100 valence electrons. The molecule has 0 aliphatic heterocycles. The number of sulfonamides is 1. The SMILES string of the molecule is COc1ccc(S(=O)(=O)NC[C@@H]2C[C@H]2C(=O)O)s1. The summed E-state index contributed by atoms with van der Waals surface area (Å²) in [6, 6.07) is 3.05. The first-order chi connectivity index (χ1) is 8.44. The second-order valence-electron chi connectivity index (χ2n) is 4.07. The summed E-state index contributed by atoms with van der Waals surface area (Å²) in [6.07, 6.45) is 0.533. The van der Waals surface area contributed by atoms with E-state index in [4.69, 9.17) is 9.84 Å². The lowest BCUT2D eigenvalue weighted by molar-refractivity contribution is -0.138. The summed E-state index contributed by atoms with van der Waals surface area (Å²) >= 11 is 1.03. The van der Waals surface area contributed by atoms with Crippen molar-refractivity contribution in [1.82, 2.24) is 4.72 Å². The number of carboxylic acids is 1. The van der Waals surface area contributed by atoms with Gasteiger partial charge in [-0.25, -0.2) is 13.1 Å². The van der Waals surface area contributed by atoms with E-state index in [1.165, 1.54) is 13.2 Å². The summed E-state index contributed by atoms with van der Waals surface area (Å²) in [5, 5.41) is 9.23. The molecule has 18 heavy (non-hydrogen) atoms. The van der Waals surface area contributed by atoms with Gasteiger partial charge in [-0.3, -0.25) is 4.79 Å². The third kappa shape index (κ3) is 2.82. The lowest BCUT2D eigenvalue weighted by Crippen LogP contribution is -2.26. The first-order valence-corrected chi connectivity index (χ1v) is 7.60. The largest absolute Gasteiger partial charge is 0.487 e. The van der Waals surface area contributed by atoms with Crippen LogP contribution in [0.1, 0.15) is 6.42 Å². The number of methoxy groups -OCH3 is 1. The summed E-state index contributed by atoms with van der Waals surface area (Å²) in [4.78, 5) is 10.6. The molecule has 6 nitrogen and oxygen atoms in total. The highest BCUT2D eigenvalue weighted by atomic mass is 32.2. The van der Waals surface area contributed by atoms with Gasteiger partial charge >= 0.3 is 5.97 Å². The standard InChI is InChI=1S/C10H13NO5S2/c1-16-8-2-3-9(17-8)18(14,15)11-5-6-4-7(6)10(12)13/h2-3,6-7,11H,4-5H2,1H3,(H,12,13)/t6-,7+/m0/s1. The van der Waals surface area contributed by atoms with Crippen LogP contribution in [-0.2, 0) is 14.8 Å². The highest BCUT2D eigenvalue weighted by Crippen LogP contribution is 2.38. The smallest absolute Gasteiger partial charge is 0.306 e. The van der Waals surface area contributed by atoms with E-state index in [-0.39, 0.29) is 16.7 Å². The van der Waals surface area contributed by atoms with Crippen molar-refractivity contribution in [3.63, 3.8) is 0 Å². The fraction of sp³-hybridized carbons (Fsp3) is 0.500. The third-order valence-electron chi connectivity index (χ3n) is 2.80. The van der Waals surface area contributed by atoms with Gasteiger partial charge in [-0.1, -0.05) is 11.3 Å². The number of carbonyl (C=O) groups is 1. The zero-order valence-corrected chi connectivity index (χ0v) is 11.3. The van der Waals surface area contributed by atoms with Gasteiger partial charge in [0.2, 0.25) is 10.0 Å². The number of thiophene rings is 1. The molecule has 1 aliphatic rings. The number of ether oxygens (including phenoxy) is 1. The van der Waals surface area contributed by atoms with E-state index in [9.17, 15) is 13.2 Å². The highest BCUT2D eigenvalue weighted by molar-refractivity contribution is 7.91. The lowest BCUT2D eigenvalue weighted by atomic mass is 10.3. The van der Waals surface area contributed by atoms with Crippen molar-refractivity contribution in [2.75, 3.05) is 13.7 Å². The molecule has 2 N–H and O–H groups in total. The molecule has 1 heterocycles. The molecule has 0 unspecified atom stereocenters. The maximum atomic E-state index is 11.9. The highest BCUT2D eigenvalue weighted by Gasteiger charge is 2.43. The third-order valence-corrected chi connectivity index (χ3v) is 5.76. The molecule has 8 heteroatoms. The van der Waals surface area contributed by atoms with Crippen LogP contribution in [0.3, 0.4) is 0 Å². The Kier molecular flexibility index (Phi) is 3.60. The maximum Gasteiger partial charge on any atom is 0.306 e. The number of carboxylic acid groups (broad SMARTS) is 1. The van der Waals surface area contributed by atoms with Gasteiger partial charge in [0.05, 0.1) is 13.0 Å². The molecule has 2 rings (SSSR count). The van der Waals surface area contributed by atoms with Gasteiger partial charge in [0.25, 0.3) is 0 Å². The summed E-state index contributed by atoms with van der Waals surface area (Å²) in [7, 11) is -2.09. The Morgan fingerprint density at radius 3 is 2.83 bits per heavy atom. The van der Waals surface area contributed by atoms with Crippen molar-refractivity contribution in [3.05, 3.63) is 12.1 Å². The molecule has 0 radical (unpaired) electrons. The Hall–Kier alpha value is -1.12. The average molecular weight is 291 g/mol. The van der Waals surface area contributed by atoms with E-state index < -0.39 is 21.9 Å². The lowest BCUT2D eigenvalue weighted by Gasteiger charge is -2.03. The summed E-state index contributed by atoms with van der Waals surface area (Å²) in [5.74, 6) is -1.37. The maximum absolute atomic E-state index is 11.9. The van der Waals surface area contributed by atoms with E-state index in [1.54, 1.807) is 6.07 Å². The molecule has 0 bridgehead atoms. The van der Waals surface area contributed by atoms with E-state index >= 15 is 0 Å². The zero-order valence-electron chi connectivity index (χ0n) is 9.62. The average Bonchev–Trinajstić information content (AvgIpc) is 2.93. The topological polar surface area (TPSA) is 92.7 Å². The van der Waals surface area contributed by atoms with E-state index in [0.29, 0.717) is 11.5 Å². The van der Waals surface area contributed by atoms with Crippen LogP contribution in [0.2, 0.25) is 0 Å². The van der Waals surface area contributed by atoms with Crippen LogP contribution in [0.25, 0.3) is 0 Å². The molecule has 1 fully saturated rings. The van der Waals surface area contributed by atoms with Crippen molar-refractivity contribution in [3.8, 4) is 5.06 Å². The van der Waals surface area contributed by atoms with Crippen molar-refractivity contribution in [2.24, 2.45) is 11.8 Å². The van der Waals surface area contributed by atoms with Crippen molar-refractivity contribution in [1.29, 1.82) is 0 Å². The molecule has 0 amide bonds. The minimum Gasteiger partial charge on any atom is -0.487 e. The number of rotatable bonds is 6. The fourth-order valence-electron chi connectivity index (χ4n) is 1.62. The molecule has 1 aromatic rings. The van der Waals surface area contributed by atoms with Crippen LogP contribution < -0.4 is 9.46 Å². The number of hydrogen-bond donors (Lipinski definition) is 2. The van der Waals surface area contributed by atoms with Gasteiger partial charge < -0.3 is 9.84 Å². The molecule has 1 aromatic heterocycles. The molecule has 1 aliphatic carbocycles. The van der Waals surface area contributed by atoms with E-state index in [2.05, 4.69) is 4.72 Å². The number of hydrogen-bond acceptors (Lipinski definition) is 5. The fourth-order valence-corrected chi connectivity index (χ4v) is 3.86. The van der Waals surface area contributed by atoms with Crippen LogP contribution >= 0.6 is 11.3 Å². The second-order valence-corrected chi connectivity index (χ2v) is 7.11. The quantitative estimate of drug-likeness (QED) is 0.807. The Morgan fingerprint density at radius 2 is 2.33 bits per heavy atom. The van der Waals surface area contributed by atoms with Crippen LogP contribution in [-0.4, -0.2) is 33.1 Å². The summed E-state index contributed by atoms with van der Waals surface area (Å²) in [6.45, 7) is 0.166. The van der Waals surface area contributed by atoms with Gasteiger partial charge in [-0.15, -0.1) is 0 Å². The van der Waals surface area contributed by atoms with Crippen molar-refractivity contribution < 1.29 is 23.1 Å². The molecule has 0 saturated heterocycles. The zero-order chi connectivity index (χ0) is 13.3.